The quantitative estimate of drug-likeness (QED) is 0.145. The molecule has 8 aromatic carbocycles. The van der Waals surface area contributed by atoms with Crippen LogP contribution in [-0.2, 0) is 0 Å². The summed E-state index contributed by atoms with van der Waals surface area (Å²) in [5.74, 6) is 0.875. The molecule has 0 amide bonds. The van der Waals surface area contributed by atoms with E-state index in [0.29, 0.717) is 6.04 Å². The Morgan fingerprint density at radius 2 is 1.06 bits per heavy atom. The number of benzene rings is 8. The summed E-state index contributed by atoms with van der Waals surface area (Å²) in [6.45, 7) is 5.32. The van der Waals surface area contributed by atoms with E-state index in [2.05, 4.69) is 245 Å². The molecule has 0 unspecified atom stereocenters. The van der Waals surface area contributed by atoms with Crippen LogP contribution in [0.1, 0.15) is 13.8 Å². The predicted octanol–water partition coefficient (Wildman–Crippen LogP) is 15.0. The highest BCUT2D eigenvalue weighted by atomic mass is 15.4. The molecule has 11 rings (SSSR count). The van der Waals surface area contributed by atoms with Crippen LogP contribution in [0.3, 0.4) is 0 Å². The second kappa shape index (κ2) is 15.6. The van der Waals surface area contributed by atoms with Gasteiger partial charge in [-0.15, -0.1) is 0 Å². The van der Waals surface area contributed by atoms with Crippen molar-refractivity contribution >= 4 is 55.9 Å². The molecule has 0 spiro atoms. The number of hydrogen-bond acceptors (Lipinski definition) is 4. The van der Waals surface area contributed by atoms with E-state index in [1.807, 2.05) is 6.20 Å². The van der Waals surface area contributed by atoms with Crippen LogP contribution in [0.15, 0.2) is 219 Å². The van der Waals surface area contributed by atoms with E-state index >= 15 is 0 Å². The standard InChI is InChI=1S/C57H45N5/c1-40(2)59-39-60(54-31-15-14-30-53(54)59)45-24-16-25-46(37-45)61(57-48(42-20-8-4-9-21-42)27-17-28-49(57)43-22-10-5-11-23-43)47-32-33-51-50-26-12-13-29-52(50)62(55(51)38-47)56-36-44(34-35-58-56)41-18-6-3-7-19-41/h3-38,40H,39H2,1-2H3. The average Bonchev–Trinajstić information content (AvgIpc) is 3.89. The summed E-state index contributed by atoms with van der Waals surface area (Å²) < 4.78 is 2.33. The van der Waals surface area contributed by atoms with Crippen molar-refractivity contribution in [1.29, 1.82) is 0 Å². The Balaban J connectivity index is 1.18. The van der Waals surface area contributed by atoms with Crippen LogP contribution in [0.2, 0.25) is 0 Å². The average molecular weight is 800 g/mol. The molecule has 0 saturated carbocycles. The molecule has 5 heteroatoms. The minimum absolute atomic E-state index is 0.355. The molecule has 62 heavy (non-hydrogen) atoms. The van der Waals surface area contributed by atoms with Crippen molar-refractivity contribution in [3.05, 3.63) is 219 Å². The maximum absolute atomic E-state index is 5.04. The largest absolute Gasteiger partial charge is 0.349 e. The van der Waals surface area contributed by atoms with Gasteiger partial charge in [0, 0.05) is 51.2 Å². The van der Waals surface area contributed by atoms with Gasteiger partial charge in [-0.3, -0.25) is 4.57 Å². The van der Waals surface area contributed by atoms with Crippen LogP contribution in [0, 0.1) is 0 Å². The van der Waals surface area contributed by atoms with Crippen molar-refractivity contribution < 1.29 is 0 Å². The smallest absolute Gasteiger partial charge is 0.138 e. The Kier molecular flexibility index (Phi) is 9.35. The lowest BCUT2D eigenvalue weighted by molar-refractivity contribution is 0.709. The molecule has 0 aliphatic carbocycles. The van der Waals surface area contributed by atoms with Gasteiger partial charge in [-0.2, -0.15) is 0 Å². The highest BCUT2D eigenvalue weighted by molar-refractivity contribution is 6.11. The first-order valence-electron chi connectivity index (χ1n) is 21.4. The van der Waals surface area contributed by atoms with Gasteiger partial charge < -0.3 is 14.7 Å². The molecule has 0 radical (unpaired) electrons. The third-order valence-electron chi connectivity index (χ3n) is 12.2. The minimum atomic E-state index is 0.355. The minimum Gasteiger partial charge on any atom is -0.349 e. The van der Waals surface area contributed by atoms with E-state index in [1.165, 1.54) is 22.1 Å². The van der Waals surface area contributed by atoms with Gasteiger partial charge in [0.25, 0.3) is 0 Å². The first kappa shape index (κ1) is 37.1. The summed E-state index contributed by atoms with van der Waals surface area (Å²) in [4.78, 5) is 12.4. The number of rotatable bonds is 9. The first-order chi connectivity index (χ1) is 30.6. The molecule has 0 bridgehead atoms. The summed E-state index contributed by atoms with van der Waals surface area (Å²) in [7, 11) is 0. The van der Waals surface area contributed by atoms with Crippen LogP contribution in [-0.4, -0.2) is 22.3 Å². The van der Waals surface area contributed by atoms with Crippen LogP contribution in [0.25, 0.3) is 61.0 Å². The van der Waals surface area contributed by atoms with Gasteiger partial charge in [0.1, 0.15) is 5.82 Å². The maximum atomic E-state index is 5.04. The van der Waals surface area contributed by atoms with Gasteiger partial charge in [-0.05, 0) is 96.8 Å². The van der Waals surface area contributed by atoms with E-state index < -0.39 is 0 Å². The Morgan fingerprint density at radius 3 is 1.77 bits per heavy atom. The lowest BCUT2D eigenvalue weighted by Crippen LogP contribution is -2.33. The molecule has 0 saturated heterocycles. The molecule has 0 fully saturated rings. The van der Waals surface area contributed by atoms with Gasteiger partial charge in [-0.25, -0.2) is 4.98 Å². The molecule has 1 aliphatic rings. The molecular formula is C57H45N5. The molecule has 5 nitrogen and oxygen atoms in total. The molecule has 0 N–H and O–H groups in total. The zero-order valence-electron chi connectivity index (χ0n) is 34.8. The fourth-order valence-electron chi connectivity index (χ4n) is 9.29. The summed E-state index contributed by atoms with van der Waals surface area (Å²) in [6, 6.07) is 77.0. The van der Waals surface area contributed by atoms with Crippen LogP contribution in [0.4, 0.5) is 34.1 Å². The molecular weight excluding hydrogens is 755 g/mol. The van der Waals surface area contributed by atoms with E-state index in [9.17, 15) is 0 Å². The van der Waals surface area contributed by atoms with Gasteiger partial charge in [0.15, 0.2) is 0 Å². The van der Waals surface area contributed by atoms with Gasteiger partial charge >= 0.3 is 0 Å². The predicted molar refractivity (Wildman–Crippen MR) is 261 cm³/mol. The summed E-state index contributed by atoms with van der Waals surface area (Å²) in [6.07, 6.45) is 1.93. The fourth-order valence-corrected chi connectivity index (χ4v) is 9.29. The third-order valence-corrected chi connectivity index (χ3v) is 12.2. The monoisotopic (exact) mass is 799 g/mol. The number of pyridine rings is 1. The summed E-state index contributed by atoms with van der Waals surface area (Å²) in [5, 5.41) is 2.36. The Bertz CT molecular complexity index is 3150. The number of para-hydroxylation sites is 4. The topological polar surface area (TPSA) is 27.5 Å². The number of fused-ring (bicyclic) bond motifs is 4. The van der Waals surface area contributed by atoms with Crippen molar-refractivity contribution in [2.45, 2.75) is 19.9 Å². The van der Waals surface area contributed by atoms with Gasteiger partial charge in [0.2, 0.25) is 0 Å². The highest BCUT2D eigenvalue weighted by Gasteiger charge is 2.30. The van der Waals surface area contributed by atoms with Crippen molar-refractivity contribution in [1.82, 2.24) is 9.55 Å². The number of anilines is 6. The molecule has 10 aromatic rings. The second-order valence-electron chi connectivity index (χ2n) is 16.2. The first-order valence-corrected chi connectivity index (χ1v) is 21.4. The van der Waals surface area contributed by atoms with E-state index in [1.54, 1.807) is 0 Å². The zero-order valence-corrected chi connectivity index (χ0v) is 34.8. The van der Waals surface area contributed by atoms with Gasteiger partial charge in [-0.1, -0.05) is 152 Å². The van der Waals surface area contributed by atoms with Crippen molar-refractivity contribution in [2.75, 3.05) is 21.4 Å². The second-order valence-corrected chi connectivity index (χ2v) is 16.2. The maximum Gasteiger partial charge on any atom is 0.138 e. The van der Waals surface area contributed by atoms with Crippen LogP contribution >= 0.6 is 0 Å². The lowest BCUT2D eigenvalue weighted by atomic mass is 9.94. The molecule has 298 valence electrons. The number of aromatic nitrogens is 2. The van der Waals surface area contributed by atoms with Crippen molar-refractivity contribution in [3.63, 3.8) is 0 Å². The molecule has 1 aliphatic heterocycles. The Morgan fingerprint density at radius 1 is 0.468 bits per heavy atom. The normalized spacial score (nSPS) is 12.4. The number of hydrogen-bond donors (Lipinski definition) is 0. The number of nitrogens with zero attached hydrogens (tertiary/aromatic N) is 5. The zero-order chi connectivity index (χ0) is 41.6. The van der Waals surface area contributed by atoms with Crippen LogP contribution in [0.5, 0.6) is 0 Å². The van der Waals surface area contributed by atoms with E-state index in [4.69, 9.17) is 4.98 Å². The fraction of sp³-hybridized carbons (Fsp3) is 0.0702. The SMILES string of the molecule is CC(C)N1CN(c2cccc(N(c3ccc4c5ccccc5n(-c5cc(-c6ccccc6)ccn5)c4c3)c3c(-c4ccccc4)cccc3-c3ccccc3)c2)c2ccccc21. The third kappa shape index (κ3) is 6.46. The lowest BCUT2D eigenvalue weighted by Gasteiger charge is -2.32. The molecule has 0 atom stereocenters. The van der Waals surface area contributed by atoms with E-state index in [-0.39, 0.29) is 0 Å². The Labute approximate surface area is 363 Å². The van der Waals surface area contributed by atoms with Crippen molar-refractivity contribution in [2.24, 2.45) is 0 Å². The summed E-state index contributed by atoms with van der Waals surface area (Å²) in [5.41, 5.74) is 15.9. The van der Waals surface area contributed by atoms with Crippen LogP contribution < -0.4 is 14.7 Å². The Hall–Kier alpha value is -7.89. The molecule has 2 aromatic heterocycles. The summed E-state index contributed by atoms with van der Waals surface area (Å²) >= 11 is 0. The molecule has 3 heterocycles. The highest BCUT2D eigenvalue weighted by Crippen LogP contribution is 2.49. The van der Waals surface area contributed by atoms with Crippen molar-refractivity contribution in [3.8, 4) is 39.2 Å². The van der Waals surface area contributed by atoms with E-state index in [0.717, 1.165) is 79.7 Å². The van der Waals surface area contributed by atoms with Gasteiger partial charge in [0.05, 0.1) is 34.8 Å².